The molecule has 0 spiro atoms. The van der Waals surface area contributed by atoms with Crippen molar-refractivity contribution in [3.8, 4) is 0 Å². The van der Waals surface area contributed by atoms with Crippen molar-refractivity contribution in [2.45, 2.75) is 44.8 Å². The maximum Gasteiger partial charge on any atom is 0.237 e. The Morgan fingerprint density at radius 1 is 1.33 bits per heavy atom. The highest BCUT2D eigenvalue weighted by Crippen LogP contribution is 2.23. The van der Waals surface area contributed by atoms with Crippen LogP contribution < -0.4 is 10.6 Å². The Kier molecular flexibility index (Phi) is 4.25. The molecule has 0 bridgehead atoms. The second kappa shape index (κ2) is 5.72. The summed E-state index contributed by atoms with van der Waals surface area (Å²) in [7, 11) is 0. The predicted octanol–water partition coefficient (Wildman–Crippen LogP) is 2.66. The molecule has 1 aromatic rings. The van der Waals surface area contributed by atoms with Crippen molar-refractivity contribution in [2.75, 3.05) is 0 Å². The van der Waals surface area contributed by atoms with Gasteiger partial charge in [0.15, 0.2) is 0 Å². The number of carbonyl (C=O) groups excluding carboxylic acids is 1. The minimum Gasteiger partial charge on any atom is -0.352 e. The summed E-state index contributed by atoms with van der Waals surface area (Å²) in [5.74, 6) is 0.0661. The first kappa shape index (κ1) is 13.4. The quantitative estimate of drug-likeness (QED) is 0.860. The van der Waals surface area contributed by atoms with Crippen molar-refractivity contribution < 1.29 is 4.79 Å². The number of hydrogen-bond acceptors (Lipinski definition) is 2. The Bertz CT molecular complexity index is 432. The molecule has 1 saturated carbocycles. The standard InChI is InChI=1S/C14H19ClN2O/c1-9(12-5-3-4-6-13(12)15)16-10(2)14(18)17-11-7-8-11/h3-6,9-11,16H,7-8H2,1-2H3,(H,17,18)/t9-,10?/m1/s1. The van der Waals surface area contributed by atoms with E-state index in [-0.39, 0.29) is 18.0 Å². The molecule has 0 aliphatic heterocycles. The molecule has 3 nitrogen and oxygen atoms in total. The molecule has 0 saturated heterocycles. The number of rotatable bonds is 5. The summed E-state index contributed by atoms with van der Waals surface area (Å²) >= 11 is 6.14. The lowest BCUT2D eigenvalue weighted by Gasteiger charge is -2.20. The van der Waals surface area contributed by atoms with E-state index in [1.54, 1.807) is 0 Å². The number of hydrogen-bond donors (Lipinski definition) is 2. The predicted molar refractivity (Wildman–Crippen MR) is 73.6 cm³/mol. The van der Waals surface area contributed by atoms with Gasteiger partial charge >= 0.3 is 0 Å². The van der Waals surface area contributed by atoms with Gasteiger partial charge in [-0.15, -0.1) is 0 Å². The van der Waals surface area contributed by atoms with E-state index in [1.165, 1.54) is 0 Å². The molecule has 1 fully saturated rings. The van der Waals surface area contributed by atoms with Crippen molar-refractivity contribution in [3.63, 3.8) is 0 Å². The van der Waals surface area contributed by atoms with Crippen molar-refractivity contribution in [1.82, 2.24) is 10.6 Å². The van der Waals surface area contributed by atoms with E-state index in [9.17, 15) is 4.79 Å². The van der Waals surface area contributed by atoms with Crippen molar-refractivity contribution >= 4 is 17.5 Å². The molecule has 0 aromatic heterocycles. The summed E-state index contributed by atoms with van der Waals surface area (Å²) in [6.45, 7) is 3.90. The van der Waals surface area contributed by atoms with Gasteiger partial charge in [0.05, 0.1) is 6.04 Å². The molecule has 1 unspecified atom stereocenters. The highest BCUT2D eigenvalue weighted by atomic mass is 35.5. The van der Waals surface area contributed by atoms with Crippen molar-refractivity contribution in [3.05, 3.63) is 34.9 Å². The molecule has 98 valence electrons. The van der Waals surface area contributed by atoms with Gasteiger partial charge in [-0.05, 0) is 38.3 Å². The average Bonchev–Trinajstić information content (AvgIpc) is 3.13. The first-order valence-corrected chi connectivity index (χ1v) is 6.76. The smallest absolute Gasteiger partial charge is 0.237 e. The fourth-order valence-corrected chi connectivity index (χ4v) is 2.22. The van der Waals surface area contributed by atoms with Crippen LogP contribution in [-0.2, 0) is 4.79 Å². The van der Waals surface area contributed by atoms with Gasteiger partial charge in [-0.2, -0.15) is 0 Å². The van der Waals surface area contributed by atoms with Crippen molar-refractivity contribution in [1.29, 1.82) is 0 Å². The van der Waals surface area contributed by atoms with Crippen molar-refractivity contribution in [2.24, 2.45) is 0 Å². The van der Waals surface area contributed by atoms with E-state index in [4.69, 9.17) is 11.6 Å². The largest absolute Gasteiger partial charge is 0.352 e. The van der Waals surface area contributed by atoms with Gasteiger partial charge < -0.3 is 5.32 Å². The average molecular weight is 267 g/mol. The summed E-state index contributed by atoms with van der Waals surface area (Å²) in [4.78, 5) is 11.8. The Morgan fingerprint density at radius 3 is 2.61 bits per heavy atom. The van der Waals surface area contributed by atoms with Crippen LogP contribution >= 0.6 is 11.6 Å². The van der Waals surface area contributed by atoms with E-state index in [2.05, 4.69) is 10.6 Å². The summed E-state index contributed by atoms with van der Waals surface area (Å²) in [5.41, 5.74) is 1.02. The Balaban J connectivity index is 1.91. The van der Waals surface area contributed by atoms with Crippen LogP contribution in [0.1, 0.15) is 38.3 Å². The minimum atomic E-state index is -0.211. The van der Waals surface area contributed by atoms with Gasteiger partial charge in [-0.1, -0.05) is 29.8 Å². The van der Waals surface area contributed by atoms with Gasteiger partial charge in [-0.25, -0.2) is 0 Å². The fraction of sp³-hybridized carbons (Fsp3) is 0.500. The van der Waals surface area contributed by atoms with E-state index in [1.807, 2.05) is 38.1 Å². The third-order valence-corrected chi connectivity index (χ3v) is 3.53. The molecular weight excluding hydrogens is 248 g/mol. The van der Waals surface area contributed by atoms with Gasteiger partial charge in [0.25, 0.3) is 0 Å². The zero-order chi connectivity index (χ0) is 13.1. The molecule has 2 rings (SSSR count). The van der Waals surface area contributed by atoms with Gasteiger partial charge in [-0.3, -0.25) is 10.1 Å². The third-order valence-electron chi connectivity index (χ3n) is 3.19. The van der Waals surface area contributed by atoms with E-state index >= 15 is 0 Å². The maximum atomic E-state index is 11.8. The summed E-state index contributed by atoms with van der Waals surface area (Å²) in [6.07, 6.45) is 2.22. The van der Waals surface area contributed by atoms with Crippen LogP contribution in [0.15, 0.2) is 24.3 Å². The molecule has 1 aliphatic rings. The van der Waals surface area contributed by atoms with Gasteiger partial charge in [0.2, 0.25) is 5.91 Å². The minimum absolute atomic E-state index is 0.0543. The topological polar surface area (TPSA) is 41.1 Å². The summed E-state index contributed by atoms with van der Waals surface area (Å²) in [5, 5.41) is 6.99. The zero-order valence-electron chi connectivity index (χ0n) is 10.7. The molecule has 18 heavy (non-hydrogen) atoms. The van der Waals surface area contributed by atoms with E-state index in [0.29, 0.717) is 6.04 Å². The first-order valence-electron chi connectivity index (χ1n) is 6.39. The monoisotopic (exact) mass is 266 g/mol. The molecule has 0 radical (unpaired) electrons. The third kappa shape index (κ3) is 3.47. The number of amides is 1. The molecule has 1 amide bonds. The zero-order valence-corrected chi connectivity index (χ0v) is 11.5. The van der Waals surface area contributed by atoms with Crippen LogP contribution in [0.2, 0.25) is 5.02 Å². The van der Waals surface area contributed by atoms with Gasteiger partial charge in [0, 0.05) is 17.1 Å². The van der Waals surface area contributed by atoms with Crippen LogP contribution in [0, 0.1) is 0 Å². The lowest BCUT2D eigenvalue weighted by Crippen LogP contribution is -2.43. The Labute approximate surface area is 113 Å². The molecule has 1 aromatic carbocycles. The molecule has 2 N–H and O–H groups in total. The van der Waals surface area contributed by atoms with E-state index < -0.39 is 0 Å². The Morgan fingerprint density at radius 2 is 2.00 bits per heavy atom. The van der Waals surface area contributed by atoms with Crippen LogP contribution in [0.5, 0.6) is 0 Å². The van der Waals surface area contributed by atoms with Crippen LogP contribution in [0.25, 0.3) is 0 Å². The highest BCUT2D eigenvalue weighted by molar-refractivity contribution is 6.31. The van der Waals surface area contributed by atoms with Gasteiger partial charge in [0.1, 0.15) is 0 Å². The van der Waals surface area contributed by atoms with Crippen LogP contribution in [-0.4, -0.2) is 18.0 Å². The molecule has 4 heteroatoms. The molecule has 0 heterocycles. The summed E-state index contributed by atoms with van der Waals surface area (Å²) < 4.78 is 0. The molecule has 1 aliphatic carbocycles. The SMILES string of the molecule is CC(N[C@H](C)c1ccccc1Cl)C(=O)NC1CC1. The lowest BCUT2D eigenvalue weighted by atomic mass is 10.1. The highest BCUT2D eigenvalue weighted by Gasteiger charge is 2.26. The van der Waals surface area contributed by atoms with Crippen LogP contribution in [0.3, 0.4) is 0 Å². The first-order chi connectivity index (χ1) is 8.58. The molecular formula is C14H19ClN2O. The second-order valence-corrected chi connectivity index (χ2v) is 5.32. The van der Waals surface area contributed by atoms with Crippen LogP contribution in [0.4, 0.5) is 0 Å². The summed E-state index contributed by atoms with van der Waals surface area (Å²) in [6, 6.07) is 7.94. The number of halogens is 1. The normalized spacial score (nSPS) is 18.2. The fourth-order valence-electron chi connectivity index (χ4n) is 1.92. The maximum absolute atomic E-state index is 11.8. The number of carbonyl (C=O) groups is 1. The number of benzene rings is 1. The number of nitrogens with one attached hydrogen (secondary N) is 2. The Hall–Kier alpha value is -1.06. The molecule has 2 atom stereocenters. The van der Waals surface area contributed by atoms with E-state index in [0.717, 1.165) is 23.4 Å². The lowest BCUT2D eigenvalue weighted by molar-refractivity contribution is -0.123. The second-order valence-electron chi connectivity index (χ2n) is 4.91.